The molecule has 1 heterocycles. The molecule has 6 heteroatoms. The lowest BCUT2D eigenvalue weighted by atomic mass is 10.2. The summed E-state index contributed by atoms with van der Waals surface area (Å²) >= 11 is 3.87. The lowest BCUT2D eigenvalue weighted by Gasteiger charge is -2.10. The molecule has 72 valence electrons. The number of carboxylic acid groups (broad SMARTS) is 1. The van der Waals surface area contributed by atoms with Gasteiger partial charge < -0.3 is 5.11 Å². The molecule has 0 atom stereocenters. The van der Waals surface area contributed by atoms with Crippen LogP contribution in [0.15, 0.2) is 15.9 Å². The second kappa shape index (κ2) is 3.71. The molecule has 0 radical (unpaired) electrons. The molecule has 0 aromatic carbocycles. The van der Waals surface area contributed by atoms with Crippen molar-refractivity contribution >= 4 is 33.2 Å². The predicted octanol–water partition coefficient (Wildman–Crippen LogP) is 3.08. The van der Waals surface area contributed by atoms with Crippen LogP contribution in [0, 0.1) is 0 Å². The number of halogens is 3. The molecule has 0 amide bonds. The van der Waals surface area contributed by atoms with Crippen LogP contribution in [0.1, 0.15) is 11.3 Å². The third kappa shape index (κ3) is 2.73. The molecule has 0 spiro atoms. The molecule has 0 aliphatic rings. The van der Waals surface area contributed by atoms with Crippen LogP contribution in [0.5, 0.6) is 0 Å². The monoisotopic (exact) mass is 270 g/mol. The summed E-state index contributed by atoms with van der Waals surface area (Å²) in [5, 5.41) is 8.23. The molecule has 1 rings (SSSR count). The van der Waals surface area contributed by atoms with Crippen LogP contribution >= 0.6 is 27.3 Å². The average Bonchev–Trinajstić information content (AvgIpc) is 2.32. The molecule has 1 N–H and O–H groups in total. The summed E-state index contributed by atoms with van der Waals surface area (Å²) in [6, 6.07) is 2.69. The van der Waals surface area contributed by atoms with Crippen LogP contribution in [0.4, 0.5) is 8.78 Å². The fourth-order valence-corrected chi connectivity index (χ4v) is 2.15. The van der Waals surface area contributed by atoms with E-state index in [-0.39, 0.29) is 4.88 Å². The molecular weight excluding hydrogens is 266 g/mol. The summed E-state index contributed by atoms with van der Waals surface area (Å²) in [6.07, 6.45) is -1.17. The minimum absolute atomic E-state index is 0.234. The van der Waals surface area contributed by atoms with E-state index in [1.54, 1.807) is 0 Å². The Labute approximate surface area is 85.3 Å². The summed E-state index contributed by atoms with van der Waals surface area (Å²) in [5.74, 6) is -4.78. The molecule has 0 bridgehead atoms. The van der Waals surface area contributed by atoms with Gasteiger partial charge in [0.05, 0.1) is 8.66 Å². The van der Waals surface area contributed by atoms with E-state index >= 15 is 0 Å². The van der Waals surface area contributed by atoms with Crippen molar-refractivity contribution in [2.45, 2.75) is 12.3 Å². The first-order valence-corrected chi connectivity index (χ1v) is 4.88. The second-order valence-corrected chi connectivity index (χ2v) is 4.84. The number of aliphatic carboxylic acids is 1. The zero-order valence-corrected chi connectivity index (χ0v) is 8.66. The van der Waals surface area contributed by atoms with Crippen molar-refractivity contribution in [2.24, 2.45) is 0 Å². The average molecular weight is 271 g/mol. The molecule has 13 heavy (non-hydrogen) atoms. The molecule has 0 saturated heterocycles. The Bertz CT molecular complexity index is 324. The zero-order chi connectivity index (χ0) is 10.1. The summed E-state index contributed by atoms with van der Waals surface area (Å²) < 4.78 is 26.6. The minimum Gasteiger partial charge on any atom is -0.481 e. The van der Waals surface area contributed by atoms with Crippen molar-refractivity contribution in [1.82, 2.24) is 0 Å². The van der Waals surface area contributed by atoms with Crippen molar-refractivity contribution < 1.29 is 18.7 Å². The highest BCUT2D eigenvalue weighted by Crippen LogP contribution is 2.37. The van der Waals surface area contributed by atoms with Crippen LogP contribution in [0.3, 0.4) is 0 Å². The first-order chi connectivity index (χ1) is 5.92. The first kappa shape index (κ1) is 10.6. The van der Waals surface area contributed by atoms with Crippen LogP contribution in [-0.2, 0) is 10.7 Å². The van der Waals surface area contributed by atoms with E-state index in [9.17, 15) is 13.6 Å². The number of carbonyl (C=O) groups is 1. The van der Waals surface area contributed by atoms with Crippen molar-refractivity contribution in [1.29, 1.82) is 0 Å². The lowest BCUT2D eigenvalue weighted by molar-refractivity contribution is -0.145. The van der Waals surface area contributed by atoms with E-state index in [0.717, 1.165) is 11.3 Å². The SMILES string of the molecule is O=C(O)CC(F)(F)c1ccc(Br)s1. The second-order valence-electron chi connectivity index (χ2n) is 2.38. The first-order valence-electron chi connectivity index (χ1n) is 3.27. The van der Waals surface area contributed by atoms with E-state index in [1.165, 1.54) is 12.1 Å². The summed E-state index contributed by atoms with van der Waals surface area (Å²) in [7, 11) is 0. The normalized spacial score (nSPS) is 11.6. The molecule has 0 saturated carbocycles. The van der Waals surface area contributed by atoms with Crippen LogP contribution < -0.4 is 0 Å². The lowest BCUT2D eigenvalue weighted by Crippen LogP contribution is -2.16. The Kier molecular flexibility index (Phi) is 3.02. The molecular formula is C7H5BrF2O2S. The van der Waals surface area contributed by atoms with Gasteiger partial charge in [0.25, 0.3) is 5.92 Å². The quantitative estimate of drug-likeness (QED) is 0.917. The maximum Gasteiger partial charge on any atom is 0.309 e. The maximum absolute atomic E-state index is 13.0. The van der Waals surface area contributed by atoms with Gasteiger partial charge in [-0.1, -0.05) is 0 Å². The standard InChI is InChI=1S/C7H5BrF2O2S/c8-5-2-1-4(13-5)7(9,10)3-6(11)12/h1-2H,3H2,(H,11,12). The summed E-state index contributed by atoms with van der Waals surface area (Å²) in [4.78, 5) is 9.87. The fourth-order valence-electron chi connectivity index (χ4n) is 0.788. The van der Waals surface area contributed by atoms with Gasteiger partial charge in [0.1, 0.15) is 6.42 Å². The van der Waals surface area contributed by atoms with Gasteiger partial charge in [-0.3, -0.25) is 4.79 Å². The van der Waals surface area contributed by atoms with Gasteiger partial charge in [-0.25, -0.2) is 0 Å². The number of carboxylic acids is 1. The fraction of sp³-hybridized carbons (Fsp3) is 0.286. The highest BCUT2D eigenvalue weighted by atomic mass is 79.9. The number of alkyl halides is 2. The largest absolute Gasteiger partial charge is 0.481 e. The van der Waals surface area contributed by atoms with Gasteiger partial charge in [0.2, 0.25) is 0 Å². The van der Waals surface area contributed by atoms with Gasteiger partial charge >= 0.3 is 5.97 Å². The Hall–Kier alpha value is -0.490. The van der Waals surface area contributed by atoms with Gasteiger partial charge in [0.15, 0.2) is 0 Å². The molecule has 2 nitrogen and oxygen atoms in total. The summed E-state index contributed by atoms with van der Waals surface area (Å²) in [6.45, 7) is 0. The van der Waals surface area contributed by atoms with E-state index in [4.69, 9.17) is 5.11 Å². The highest BCUT2D eigenvalue weighted by molar-refractivity contribution is 9.11. The number of rotatable bonds is 3. The third-order valence-electron chi connectivity index (χ3n) is 1.31. The number of hydrogen-bond acceptors (Lipinski definition) is 2. The van der Waals surface area contributed by atoms with Crippen molar-refractivity contribution in [2.75, 3.05) is 0 Å². The predicted molar refractivity (Wildman–Crippen MR) is 48.2 cm³/mol. The Morgan fingerprint density at radius 1 is 1.62 bits per heavy atom. The van der Waals surface area contributed by atoms with Gasteiger partial charge in [-0.05, 0) is 28.1 Å². The van der Waals surface area contributed by atoms with Gasteiger partial charge in [-0.15, -0.1) is 11.3 Å². The molecule has 0 fully saturated rings. The van der Waals surface area contributed by atoms with Gasteiger partial charge in [-0.2, -0.15) is 8.78 Å². The smallest absolute Gasteiger partial charge is 0.309 e. The van der Waals surface area contributed by atoms with E-state index < -0.39 is 18.3 Å². The topological polar surface area (TPSA) is 37.3 Å². The van der Waals surface area contributed by atoms with Crippen LogP contribution in [-0.4, -0.2) is 11.1 Å². The zero-order valence-electron chi connectivity index (χ0n) is 6.26. The minimum atomic E-state index is -3.28. The Morgan fingerprint density at radius 2 is 2.23 bits per heavy atom. The van der Waals surface area contributed by atoms with Gasteiger partial charge in [0, 0.05) is 0 Å². The van der Waals surface area contributed by atoms with Crippen LogP contribution in [0.25, 0.3) is 0 Å². The van der Waals surface area contributed by atoms with Crippen LogP contribution in [0.2, 0.25) is 0 Å². The highest BCUT2D eigenvalue weighted by Gasteiger charge is 2.35. The molecule has 1 aromatic heterocycles. The number of hydrogen-bond donors (Lipinski definition) is 1. The molecule has 1 aromatic rings. The van der Waals surface area contributed by atoms with E-state index in [0.29, 0.717) is 3.79 Å². The Morgan fingerprint density at radius 3 is 2.62 bits per heavy atom. The Balaban J connectivity index is 2.86. The van der Waals surface area contributed by atoms with Crippen molar-refractivity contribution in [3.05, 3.63) is 20.8 Å². The molecule has 0 unspecified atom stereocenters. The van der Waals surface area contributed by atoms with Crippen molar-refractivity contribution in [3.63, 3.8) is 0 Å². The van der Waals surface area contributed by atoms with E-state index in [2.05, 4.69) is 15.9 Å². The summed E-state index contributed by atoms with van der Waals surface area (Å²) in [5.41, 5.74) is 0. The maximum atomic E-state index is 13.0. The third-order valence-corrected chi connectivity index (χ3v) is 3.04. The molecule has 0 aliphatic carbocycles. The number of thiophene rings is 1. The van der Waals surface area contributed by atoms with Crippen molar-refractivity contribution in [3.8, 4) is 0 Å². The molecule has 0 aliphatic heterocycles. The van der Waals surface area contributed by atoms with E-state index in [1.807, 2.05) is 0 Å².